The molecular formula is C25H25Cl2F6N3O2. The van der Waals surface area contributed by atoms with E-state index in [2.05, 4.69) is 0 Å². The summed E-state index contributed by atoms with van der Waals surface area (Å²) in [7, 11) is 3.58. The molecule has 38 heavy (non-hydrogen) atoms. The molecule has 1 atom stereocenters. The SMILES string of the molecule is CN(C)CCN1C(=O)CCN(Cc2cc(C(F)(F)F)cc(C(F)(F)F)c2)C(=O)[C@@H]1Cc1ccc(Cl)c(Cl)c1. The maximum absolute atomic E-state index is 13.7. The Morgan fingerprint density at radius 2 is 1.50 bits per heavy atom. The Hall–Kier alpha value is -2.50. The summed E-state index contributed by atoms with van der Waals surface area (Å²) in [6.07, 6.45) is -10.1. The van der Waals surface area contributed by atoms with Crippen molar-refractivity contribution in [2.24, 2.45) is 0 Å². The van der Waals surface area contributed by atoms with Gasteiger partial charge in [0.2, 0.25) is 11.8 Å². The van der Waals surface area contributed by atoms with Crippen LogP contribution >= 0.6 is 23.2 Å². The van der Waals surface area contributed by atoms with Crippen LogP contribution in [0, 0.1) is 0 Å². The number of carbonyl (C=O) groups is 2. The largest absolute Gasteiger partial charge is 0.416 e. The molecule has 1 heterocycles. The van der Waals surface area contributed by atoms with Gasteiger partial charge in [-0.05, 0) is 55.6 Å². The van der Waals surface area contributed by atoms with Gasteiger partial charge < -0.3 is 14.7 Å². The second-order valence-electron chi connectivity index (χ2n) is 9.28. The fourth-order valence-electron chi connectivity index (χ4n) is 4.17. The minimum atomic E-state index is -5.02. The Morgan fingerprint density at radius 1 is 0.895 bits per heavy atom. The minimum Gasteiger partial charge on any atom is -0.336 e. The lowest BCUT2D eigenvalue weighted by molar-refractivity contribution is -0.143. The monoisotopic (exact) mass is 583 g/mol. The number of carbonyl (C=O) groups excluding carboxylic acids is 2. The molecule has 208 valence electrons. The normalized spacial score (nSPS) is 17.4. The van der Waals surface area contributed by atoms with Gasteiger partial charge in [0.15, 0.2) is 0 Å². The van der Waals surface area contributed by atoms with E-state index >= 15 is 0 Å². The quantitative estimate of drug-likeness (QED) is 0.389. The summed E-state index contributed by atoms with van der Waals surface area (Å²) in [5.74, 6) is -0.945. The Balaban J connectivity index is 1.99. The van der Waals surface area contributed by atoms with E-state index in [4.69, 9.17) is 23.2 Å². The van der Waals surface area contributed by atoms with Crippen LogP contribution in [0.5, 0.6) is 0 Å². The first-order chi connectivity index (χ1) is 17.6. The summed E-state index contributed by atoms with van der Waals surface area (Å²) >= 11 is 12.1. The molecule has 1 aliphatic rings. The summed E-state index contributed by atoms with van der Waals surface area (Å²) in [5, 5.41) is 0.520. The molecule has 0 N–H and O–H groups in total. The predicted molar refractivity (Wildman–Crippen MR) is 131 cm³/mol. The standard InChI is InChI=1S/C25H25Cl2F6N3O2/c1-34(2)7-8-36-21(12-15-3-4-19(26)20(27)11-15)23(38)35(6-5-22(36)37)14-16-9-17(24(28,29)30)13-18(10-16)25(31,32)33/h3-4,9-11,13,21H,5-8,12,14H2,1-2H3/t21-/m0/s1. The number of amides is 2. The molecule has 1 aliphatic heterocycles. The van der Waals surface area contributed by atoms with Crippen molar-refractivity contribution in [1.29, 1.82) is 0 Å². The van der Waals surface area contributed by atoms with Gasteiger partial charge in [-0.15, -0.1) is 0 Å². The second kappa shape index (κ2) is 11.7. The van der Waals surface area contributed by atoms with Crippen molar-refractivity contribution in [1.82, 2.24) is 14.7 Å². The fraction of sp³-hybridized carbons (Fsp3) is 0.440. The minimum absolute atomic E-state index is 0.0295. The topological polar surface area (TPSA) is 43.9 Å². The van der Waals surface area contributed by atoms with Crippen molar-refractivity contribution in [3.63, 3.8) is 0 Å². The Morgan fingerprint density at radius 3 is 2.03 bits per heavy atom. The molecule has 0 saturated carbocycles. The third kappa shape index (κ3) is 7.54. The highest BCUT2D eigenvalue weighted by Crippen LogP contribution is 2.37. The van der Waals surface area contributed by atoms with Crippen LogP contribution in [0.4, 0.5) is 26.3 Å². The van der Waals surface area contributed by atoms with Gasteiger partial charge in [-0.3, -0.25) is 9.59 Å². The van der Waals surface area contributed by atoms with Crippen LogP contribution in [-0.2, 0) is 34.9 Å². The zero-order valence-electron chi connectivity index (χ0n) is 20.5. The molecule has 0 aliphatic carbocycles. The van der Waals surface area contributed by atoms with Gasteiger partial charge in [0.1, 0.15) is 6.04 Å². The van der Waals surface area contributed by atoms with Crippen molar-refractivity contribution in [3.8, 4) is 0 Å². The molecule has 0 spiro atoms. The van der Waals surface area contributed by atoms with Crippen LogP contribution in [0.2, 0.25) is 10.0 Å². The first-order valence-corrected chi connectivity index (χ1v) is 12.3. The van der Waals surface area contributed by atoms with Crippen molar-refractivity contribution >= 4 is 35.0 Å². The van der Waals surface area contributed by atoms with Crippen LogP contribution in [-0.4, -0.2) is 66.3 Å². The number of benzene rings is 2. The molecule has 0 bridgehead atoms. The molecule has 5 nitrogen and oxygen atoms in total. The maximum Gasteiger partial charge on any atom is 0.416 e. The third-order valence-electron chi connectivity index (χ3n) is 6.11. The average molecular weight is 584 g/mol. The zero-order valence-corrected chi connectivity index (χ0v) is 22.0. The van der Waals surface area contributed by atoms with Crippen molar-refractivity contribution in [2.45, 2.75) is 37.8 Å². The van der Waals surface area contributed by atoms with Gasteiger partial charge in [0.05, 0.1) is 21.2 Å². The second-order valence-corrected chi connectivity index (χ2v) is 10.1. The number of halogens is 8. The highest BCUT2D eigenvalue weighted by atomic mass is 35.5. The average Bonchev–Trinajstić information content (AvgIpc) is 2.91. The molecule has 3 rings (SSSR count). The maximum atomic E-state index is 13.7. The summed E-state index contributed by atoms with van der Waals surface area (Å²) in [6.45, 7) is -0.0667. The number of likely N-dealkylation sites (N-methyl/N-ethyl adjacent to an activating group) is 1. The van der Waals surface area contributed by atoms with Gasteiger partial charge in [-0.1, -0.05) is 29.3 Å². The number of hydrogen-bond donors (Lipinski definition) is 0. The summed E-state index contributed by atoms with van der Waals surface area (Å²) in [5.41, 5.74) is -2.70. The molecule has 0 unspecified atom stereocenters. The van der Waals surface area contributed by atoms with E-state index < -0.39 is 42.0 Å². The summed E-state index contributed by atoms with van der Waals surface area (Å²) in [6, 6.07) is 4.88. The number of alkyl halides is 6. The fourth-order valence-corrected chi connectivity index (χ4v) is 4.49. The molecular weight excluding hydrogens is 559 g/mol. The molecule has 0 aromatic heterocycles. The Bertz CT molecular complexity index is 1150. The van der Waals surface area contributed by atoms with E-state index in [1.807, 2.05) is 4.90 Å². The van der Waals surface area contributed by atoms with E-state index in [9.17, 15) is 35.9 Å². The van der Waals surface area contributed by atoms with Crippen LogP contribution < -0.4 is 0 Å². The van der Waals surface area contributed by atoms with Gasteiger partial charge in [-0.2, -0.15) is 26.3 Å². The molecule has 2 aromatic carbocycles. The van der Waals surface area contributed by atoms with E-state index in [-0.39, 0.29) is 53.5 Å². The Kier molecular flexibility index (Phi) is 9.26. The predicted octanol–water partition coefficient (Wildman–Crippen LogP) is 5.76. The Labute approximate surface area is 225 Å². The van der Waals surface area contributed by atoms with Gasteiger partial charge in [0, 0.05) is 39.0 Å². The molecule has 2 aromatic rings. The van der Waals surface area contributed by atoms with Gasteiger partial charge in [0.25, 0.3) is 0 Å². The lowest BCUT2D eigenvalue weighted by Gasteiger charge is -2.32. The van der Waals surface area contributed by atoms with Crippen molar-refractivity contribution in [3.05, 3.63) is 68.7 Å². The molecule has 1 fully saturated rings. The summed E-state index contributed by atoms with van der Waals surface area (Å²) < 4.78 is 80.1. The number of hydrogen-bond acceptors (Lipinski definition) is 3. The van der Waals surface area contributed by atoms with E-state index in [0.29, 0.717) is 24.2 Å². The lowest BCUT2D eigenvalue weighted by atomic mass is 10.0. The molecule has 13 heteroatoms. The highest BCUT2D eigenvalue weighted by Gasteiger charge is 2.39. The number of rotatable bonds is 7. The van der Waals surface area contributed by atoms with Crippen LogP contribution in [0.3, 0.4) is 0 Å². The highest BCUT2D eigenvalue weighted by molar-refractivity contribution is 6.42. The molecule has 2 amide bonds. The third-order valence-corrected chi connectivity index (χ3v) is 6.85. The van der Waals surface area contributed by atoms with Gasteiger partial charge in [-0.25, -0.2) is 0 Å². The van der Waals surface area contributed by atoms with E-state index in [1.165, 1.54) is 11.0 Å². The van der Waals surface area contributed by atoms with Gasteiger partial charge >= 0.3 is 12.4 Å². The summed E-state index contributed by atoms with van der Waals surface area (Å²) in [4.78, 5) is 31.1. The lowest BCUT2D eigenvalue weighted by Crippen LogP contribution is -2.50. The van der Waals surface area contributed by atoms with E-state index in [0.717, 1.165) is 4.90 Å². The smallest absolute Gasteiger partial charge is 0.336 e. The van der Waals surface area contributed by atoms with Crippen LogP contribution in [0.25, 0.3) is 0 Å². The van der Waals surface area contributed by atoms with Crippen LogP contribution in [0.15, 0.2) is 36.4 Å². The molecule has 0 radical (unpaired) electrons. The van der Waals surface area contributed by atoms with Crippen molar-refractivity contribution in [2.75, 3.05) is 33.7 Å². The first-order valence-electron chi connectivity index (χ1n) is 11.5. The first kappa shape index (κ1) is 30.0. The zero-order chi connectivity index (χ0) is 28.4. The van der Waals surface area contributed by atoms with Crippen molar-refractivity contribution < 1.29 is 35.9 Å². The van der Waals surface area contributed by atoms with Crippen LogP contribution in [0.1, 0.15) is 28.7 Å². The molecule has 1 saturated heterocycles. The van der Waals surface area contributed by atoms with E-state index in [1.54, 1.807) is 26.2 Å². The number of nitrogens with zero attached hydrogens (tertiary/aromatic N) is 3.